The van der Waals surface area contributed by atoms with Gasteiger partial charge in [0.2, 0.25) is 10.0 Å². The van der Waals surface area contributed by atoms with Gasteiger partial charge in [0.25, 0.3) is 6.43 Å². The van der Waals surface area contributed by atoms with Crippen LogP contribution < -0.4 is 5.14 Å². The van der Waals surface area contributed by atoms with E-state index in [1.54, 1.807) is 0 Å². The van der Waals surface area contributed by atoms with Crippen LogP contribution in [0, 0.1) is 0 Å². The molecule has 0 radical (unpaired) electrons. The second-order valence-corrected chi connectivity index (χ2v) is 5.18. The van der Waals surface area contributed by atoms with Crippen molar-refractivity contribution < 1.29 is 17.2 Å². The van der Waals surface area contributed by atoms with Crippen molar-refractivity contribution in [2.75, 3.05) is 0 Å². The average molecular weight is 322 g/mol. The molecule has 0 spiro atoms. The number of nitrogens with zero attached hydrogens (tertiary/aromatic N) is 1. The van der Waals surface area contributed by atoms with E-state index in [4.69, 9.17) is 16.7 Å². The molecule has 9 heteroatoms. The van der Waals surface area contributed by atoms with Crippen LogP contribution in [-0.4, -0.2) is 13.4 Å². The van der Waals surface area contributed by atoms with Crippen molar-refractivity contribution in [2.45, 2.75) is 11.3 Å². The van der Waals surface area contributed by atoms with Gasteiger partial charge in [0.1, 0.15) is 15.2 Å². The van der Waals surface area contributed by atoms with Crippen LogP contribution >= 0.6 is 27.5 Å². The van der Waals surface area contributed by atoms with Crippen molar-refractivity contribution in [3.63, 3.8) is 0 Å². The lowest BCUT2D eigenvalue weighted by molar-refractivity contribution is 0.142. The first-order chi connectivity index (χ1) is 6.73. The van der Waals surface area contributed by atoms with Crippen LogP contribution in [0.15, 0.2) is 15.6 Å². The van der Waals surface area contributed by atoms with Crippen LogP contribution in [0.4, 0.5) is 8.78 Å². The summed E-state index contributed by atoms with van der Waals surface area (Å²) in [4.78, 5) is 2.54. The highest BCUT2D eigenvalue weighted by Gasteiger charge is 2.24. The minimum absolute atomic E-state index is 0.0631. The largest absolute Gasteiger partial charge is 0.281 e. The van der Waals surface area contributed by atoms with E-state index in [0.717, 1.165) is 6.07 Å². The molecule has 0 atom stereocenters. The second kappa shape index (κ2) is 4.28. The number of primary sulfonamides is 1. The molecule has 4 nitrogen and oxygen atoms in total. The van der Waals surface area contributed by atoms with E-state index >= 15 is 0 Å². The van der Waals surface area contributed by atoms with Crippen molar-refractivity contribution in [3.8, 4) is 0 Å². The summed E-state index contributed by atoms with van der Waals surface area (Å²) in [5.74, 6) is 0. The second-order valence-electron chi connectivity index (χ2n) is 2.49. The topological polar surface area (TPSA) is 73.1 Å². The van der Waals surface area contributed by atoms with Gasteiger partial charge in [-0.1, -0.05) is 11.6 Å². The van der Waals surface area contributed by atoms with Crippen molar-refractivity contribution in [1.82, 2.24) is 4.98 Å². The molecular weight excluding hydrogens is 317 g/mol. The Morgan fingerprint density at radius 3 is 2.47 bits per heavy atom. The van der Waals surface area contributed by atoms with E-state index in [2.05, 4.69) is 20.9 Å². The number of hydrogen-bond donors (Lipinski definition) is 1. The Morgan fingerprint density at radius 1 is 1.53 bits per heavy atom. The standard InChI is InChI=1S/C6H4BrClF2N2O2S/c7-5-2(8)1-3(15(11,13)14)4(12-5)6(9)10/h1,6H,(H2,11,13,14). The Hall–Kier alpha value is -0.310. The third-order valence-corrected chi connectivity index (χ3v) is 3.50. The summed E-state index contributed by atoms with van der Waals surface area (Å²) < 4.78 is 46.7. The minimum Gasteiger partial charge on any atom is -0.237 e. The molecule has 0 aromatic carbocycles. The predicted octanol–water partition coefficient (Wildman–Crippen LogP) is 2.08. The van der Waals surface area contributed by atoms with Gasteiger partial charge in [0.05, 0.1) is 5.02 Å². The molecule has 0 unspecified atom stereocenters. The monoisotopic (exact) mass is 320 g/mol. The maximum Gasteiger partial charge on any atom is 0.281 e. The summed E-state index contributed by atoms with van der Waals surface area (Å²) >= 11 is 8.33. The molecule has 1 aromatic heterocycles. The lowest BCUT2D eigenvalue weighted by atomic mass is 10.3. The molecular formula is C6H4BrClF2N2O2S. The lowest BCUT2D eigenvalue weighted by Gasteiger charge is -2.07. The number of alkyl halides is 2. The van der Waals surface area contributed by atoms with E-state index < -0.39 is 27.0 Å². The Kier molecular flexibility index (Phi) is 3.64. The fourth-order valence-electron chi connectivity index (χ4n) is 0.847. The maximum atomic E-state index is 12.4. The first kappa shape index (κ1) is 12.8. The lowest BCUT2D eigenvalue weighted by Crippen LogP contribution is -2.16. The molecule has 0 bridgehead atoms. The highest BCUT2D eigenvalue weighted by atomic mass is 79.9. The third kappa shape index (κ3) is 2.83. The zero-order chi connectivity index (χ0) is 11.8. The average Bonchev–Trinajstić information content (AvgIpc) is 2.06. The third-order valence-electron chi connectivity index (χ3n) is 1.44. The summed E-state index contributed by atoms with van der Waals surface area (Å²) in [6.45, 7) is 0. The van der Waals surface area contributed by atoms with E-state index in [9.17, 15) is 17.2 Å². The zero-order valence-electron chi connectivity index (χ0n) is 6.92. The van der Waals surface area contributed by atoms with Crippen LogP contribution in [0.3, 0.4) is 0 Å². The first-order valence-electron chi connectivity index (χ1n) is 3.40. The van der Waals surface area contributed by atoms with Gasteiger partial charge in [-0.25, -0.2) is 27.3 Å². The molecule has 0 aliphatic carbocycles. The molecule has 1 rings (SSSR count). The molecule has 0 aliphatic heterocycles. The number of nitrogens with two attached hydrogens (primary N) is 1. The fourth-order valence-corrected chi connectivity index (χ4v) is 2.08. The maximum absolute atomic E-state index is 12.4. The summed E-state index contributed by atoms with van der Waals surface area (Å²) in [6, 6.07) is 0.829. The van der Waals surface area contributed by atoms with Crippen LogP contribution in [0.1, 0.15) is 12.1 Å². The summed E-state index contributed by atoms with van der Waals surface area (Å²) in [5, 5.41) is 4.63. The highest BCUT2D eigenvalue weighted by molar-refractivity contribution is 9.10. The van der Waals surface area contributed by atoms with Gasteiger partial charge in [-0.3, -0.25) is 0 Å². The Bertz CT molecular complexity index is 494. The van der Waals surface area contributed by atoms with Crippen LogP contribution in [0.25, 0.3) is 0 Å². The Balaban J connectivity index is 3.56. The quantitative estimate of drug-likeness (QED) is 0.848. The normalized spacial score (nSPS) is 12.1. The SMILES string of the molecule is NS(=O)(=O)c1cc(Cl)c(Br)nc1C(F)F. The van der Waals surface area contributed by atoms with Crippen LogP contribution in [0.2, 0.25) is 5.02 Å². The Labute approximate surface area is 97.6 Å². The molecule has 2 N–H and O–H groups in total. The predicted molar refractivity (Wildman–Crippen MR) is 53.3 cm³/mol. The van der Waals surface area contributed by atoms with Crippen LogP contribution in [0.5, 0.6) is 0 Å². The molecule has 0 amide bonds. The highest BCUT2D eigenvalue weighted by Crippen LogP contribution is 2.30. The van der Waals surface area contributed by atoms with Gasteiger partial charge in [-0.15, -0.1) is 0 Å². The molecule has 15 heavy (non-hydrogen) atoms. The van der Waals surface area contributed by atoms with Gasteiger partial charge < -0.3 is 0 Å². The number of aromatic nitrogens is 1. The van der Waals surface area contributed by atoms with Crippen molar-refractivity contribution in [2.24, 2.45) is 5.14 Å². The number of sulfonamides is 1. The van der Waals surface area contributed by atoms with Gasteiger partial charge in [-0.2, -0.15) is 0 Å². The van der Waals surface area contributed by atoms with E-state index in [1.165, 1.54) is 0 Å². The van der Waals surface area contributed by atoms with Crippen molar-refractivity contribution in [3.05, 3.63) is 21.4 Å². The summed E-state index contributed by atoms with van der Waals surface area (Å²) in [7, 11) is -4.27. The molecule has 0 saturated heterocycles. The van der Waals surface area contributed by atoms with Crippen molar-refractivity contribution in [1.29, 1.82) is 0 Å². The zero-order valence-corrected chi connectivity index (χ0v) is 10.1. The summed E-state index contributed by atoms with van der Waals surface area (Å²) in [5.41, 5.74) is -0.922. The molecule has 1 heterocycles. The molecule has 84 valence electrons. The van der Waals surface area contributed by atoms with E-state index in [-0.39, 0.29) is 9.63 Å². The molecule has 0 fully saturated rings. The molecule has 0 saturated carbocycles. The fraction of sp³-hybridized carbons (Fsp3) is 0.167. The van der Waals surface area contributed by atoms with Crippen LogP contribution in [-0.2, 0) is 10.0 Å². The number of rotatable bonds is 2. The number of hydrogen-bond acceptors (Lipinski definition) is 3. The van der Waals surface area contributed by atoms with Gasteiger partial charge in [-0.05, 0) is 22.0 Å². The molecule has 0 aliphatic rings. The van der Waals surface area contributed by atoms with Crippen molar-refractivity contribution >= 4 is 37.6 Å². The Morgan fingerprint density at radius 2 is 2.07 bits per heavy atom. The molecule has 1 aromatic rings. The van der Waals surface area contributed by atoms with Gasteiger partial charge in [0, 0.05) is 0 Å². The van der Waals surface area contributed by atoms with E-state index in [0.29, 0.717) is 0 Å². The van der Waals surface area contributed by atoms with E-state index in [1.807, 2.05) is 0 Å². The number of pyridine rings is 1. The van der Waals surface area contributed by atoms with Gasteiger partial charge >= 0.3 is 0 Å². The summed E-state index contributed by atoms with van der Waals surface area (Å²) in [6.07, 6.45) is -3.05. The smallest absolute Gasteiger partial charge is 0.237 e. The minimum atomic E-state index is -4.27. The van der Waals surface area contributed by atoms with Gasteiger partial charge in [0.15, 0.2) is 0 Å². The first-order valence-corrected chi connectivity index (χ1v) is 6.12. The number of halogens is 4.